The molecule has 2 aliphatic carbocycles. The Balaban J connectivity index is 1.57. The Bertz CT molecular complexity index is 1040. The molecule has 2 unspecified atom stereocenters. The number of halogens is 3. The number of thiazole rings is 1. The quantitative estimate of drug-likeness (QED) is 0.384. The van der Waals surface area contributed by atoms with E-state index in [1.54, 1.807) is 14.0 Å². The molecule has 0 bridgehead atoms. The Hall–Kier alpha value is -2.50. The molecule has 2 aromatic rings. The van der Waals surface area contributed by atoms with Gasteiger partial charge in [-0.2, -0.15) is 18.2 Å². The second kappa shape index (κ2) is 11.5. The zero-order valence-corrected chi connectivity index (χ0v) is 20.7. The molecule has 0 amide bonds. The molecule has 0 spiro atoms. The van der Waals surface area contributed by atoms with Crippen LogP contribution in [0.5, 0.6) is 0 Å². The number of hydrogen-bond donors (Lipinski definition) is 3. The highest BCUT2D eigenvalue weighted by atomic mass is 32.1. The van der Waals surface area contributed by atoms with Crippen molar-refractivity contribution in [1.29, 1.82) is 0 Å². The fourth-order valence-electron chi connectivity index (χ4n) is 4.38. The van der Waals surface area contributed by atoms with Crippen LogP contribution in [0.4, 0.5) is 24.9 Å². The predicted molar refractivity (Wildman–Crippen MR) is 135 cm³/mol. The van der Waals surface area contributed by atoms with E-state index in [0.29, 0.717) is 24.0 Å². The maximum absolute atomic E-state index is 12.8. The summed E-state index contributed by atoms with van der Waals surface area (Å²) in [6.07, 6.45) is 7.66. The summed E-state index contributed by atoms with van der Waals surface area (Å²) in [6.45, 7) is 2.99. The lowest BCUT2D eigenvalue weighted by Gasteiger charge is -2.19. The number of hydrogen-bond acceptors (Lipinski definition) is 8. The summed E-state index contributed by atoms with van der Waals surface area (Å²) in [4.78, 5) is 14.7. The molecular formula is C24H31F3N6OS. The largest absolute Gasteiger partial charge is 0.405 e. The number of alkyl halides is 3. The number of fused-ring (bicyclic) bond motifs is 1. The molecule has 0 radical (unpaired) electrons. The van der Waals surface area contributed by atoms with Crippen molar-refractivity contribution in [3.05, 3.63) is 28.4 Å². The van der Waals surface area contributed by atoms with Crippen LogP contribution in [0.15, 0.2) is 12.2 Å². The number of rotatable bonds is 10. The summed E-state index contributed by atoms with van der Waals surface area (Å²) in [6, 6.07) is 0.172. The molecular weight excluding hydrogens is 477 g/mol. The number of nitrogens with one attached hydrogen (secondary N) is 3. The zero-order valence-electron chi connectivity index (χ0n) is 19.9. The van der Waals surface area contributed by atoms with E-state index in [9.17, 15) is 13.2 Å². The van der Waals surface area contributed by atoms with Gasteiger partial charge in [0.25, 0.3) is 0 Å². The van der Waals surface area contributed by atoms with Crippen molar-refractivity contribution in [2.75, 3.05) is 44.0 Å². The molecule has 2 heterocycles. The molecule has 1 fully saturated rings. The maximum atomic E-state index is 12.8. The van der Waals surface area contributed by atoms with Crippen LogP contribution in [-0.4, -0.2) is 60.5 Å². The number of aromatic nitrogens is 3. The van der Waals surface area contributed by atoms with Gasteiger partial charge in [0.05, 0.1) is 28.4 Å². The molecule has 3 N–H and O–H groups in total. The van der Waals surface area contributed by atoms with Crippen molar-refractivity contribution < 1.29 is 17.9 Å². The number of aryl methyl sites for hydroxylation is 1. The van der Waals surface area contributed by atoms with E-state index in [2.05, 4.69) is 44.1 Å². The number of ether oxygens (including phenoxy) is 1. The average molecular weight is 509 g/mol. The summed E-state index contributed by atoms with van der Waals surface area (Å²) in [5.74, 6) is 1.00. The third-order valence-electron chi connectivity index (χ3n) is 6.05. The molecule has 0 saturated heterocycles. The molecule has 2 aliphatic rings. The summed E-state index contributed by atoms with van der Waals surface area (Å²) < 4.78 is 43.5. The van der Waals surface area contributed by atoms with E-state index in [1.807, 2.05) is 6.08 Å². The minimum atomic E-state index is -4.36. The van der Waals surface area contributed by atoms with Crippen LogP contribution in [-0.2, 0) is 4.74 Å². The topological polar surface area (TPSA) is 84.0 Å². The van der Waals surface area contributed by atoms with Crippen molar-refractivity contribution >= 4 is 35.3 Å². The average Bonchev–Trinajstić information content (AvgIpc) is 3.35. The molecule has 4 rings (SSSR count). The van der Waals surface area contributed by atoms with Gasteiger partial charge < -0.3 is 20.7 Å². The smallest absolute Gasteiger partial charge is 0.383 e. The minimum absolute atomic E-state index is 0.0419. The Kier molecular flexibility index (Phi) is 8.40. The van der Waals surface area contributed by atoms with Crippen LogP contribution in [0.3, 0.4) is 0 Å². The van der Waals surface area contributed by atoms with Gasteiger partial charge in [0.2, 0.25) is 5.95 Å². The molecule has 190 valence electrons. The summed E-state index contributed by atoms with van der Waals surface area (Å²) >= 11 is 1.54. The second-order valence-corrected chi connectivity index (χ2v) is 9.88. The number of nitrogens with zero attached hydrogens (tertiary/aromatic N) is 3. The monoisotopic (exact) mass is 508 g/mol. The maximum Gasteiger partial charge on any atom is 0.405 e. The SMILES string of the molecule is COCCNCC1CCC(Nc2nc(NCC(F)(F)F)nc(C)c2-c2nc3c(s2)C=CCC=C3)C1. The third kappa shape index (κ3) is 7.02. The first-order chi connectivity index (χ1) is 16.8. The van der Waals surface area contributed by atoms with Gasteiger partial charge in [-0.15, -0.1) is 11.3 Å². The third-order valence-corrected chi connectivity index (χ3v) is 7.10. The Morgan fingerprint density at radius 2 is 1.97 bits per heavy atom. The lowest BCUT2D eigenvalue weighted by Crippen LogP contribution is -2.26. The van der Waals surface area contributed by atoms with Gasteiger partial charge in [-0.3, -0.25) is 0 Å². The van der Waals surface area contributed by atoms with E-state index in [0.717, 1.165) is 59.9 Å². The van der Waals surface area contributed by atoms with Crippen molar-refractivity contribution in [3.8, 4) is 10.6 Å². The van der Waals surface area contributed by atoms with Gasteiger partial charge in [0, 0.05) is 19.7 Å². The van der Waals surface area contributed by atoms with Crippen molar-refractivity contribution in [2.24, 2.45) is 5.92 Å². The lowest BCUT2D eigenvalue weighted by atomic mass is 10.1. The van der Waals surface area contributed by atoms with E-state index >= 15 is 0 Å². The molecule has 1 saturated carbocycles. The minimum Gasteiger partial charge on any atom is -0.383 e. The molecule has 2 aromatic heterocycles. The Morgan fingerprint density at radius 1 is 1.14 bits per heavy atom. The van der Waals surface area contributed by atoms with Crippen molar-refractivity contribution in [1.82, 2.24) is 20.3 Å². The molecule has 7 nitrogen and oxygen atoms in total. The standard InChI is InChI=1S/C24H31F3N6OS/c1-15-20(22-32-18-6-4-3-5-7-19(18)35-22)21(33-23(30-15)29-14-24(25,26)27)31-17-9-8-16(12-17)13-28-10-11-34-2/h4-7,16-17,28H,3,8-14H2,1-2H3,(H2,29,30,31,33). The first kappa shape index (κ1) is 25.6. The van der Waals surface area contributed by atoms with Crippen LogP contribution in [0, 0.1) is 12.8 Å². The first-order valence-corrected chi connectivity index (χ1v) is 12.6. The highest BCUT2D eigenvalue weighted by molar-refractivity contribution is 7.16. The summed E-state index contributed by atoms with van der Waals surface area (Å²) in [5.41, 5.74) is 2.20. The molecule has 2 atom stereocenters. The van der Waals surface area contributed by atoms with Gasteiger partial charge >= 0.3 is 6.18 Å². The second-order valence-electron chi connectivity index (χ2n) is 8.85. The van der Waals surface area contributed by atoms with Crippen LogP contribution >= 0.6 is 11.3 Å². The fraction of sp³-hybridized carbons (Fsp3) is 0.542. The fourth-order valence-corrected chi connectivity index (χ4v) is 5.46. The zero-order chi connectivity index (χ0) is 24.8. The summed E-state index contributed by atoms with van der Waals surface area (Å²) in [5, 5.41) is 10.0. The van der Waals surface area contributed by atoms with Gasteiger partial charge in [-0.05, 0) is 57.2 Å². The van der Waals surface area contributed by atoms with E-state index in [1.165, 1.54) is 11.3 Å². The van der Waals surface area contributed by atoms with Crippen LogP contribution in [0.25, 0.3) is 22.7 Å². The van der Waals surface area contributed by atoms with Gasteiger partial charge in [0.15, 0.2) is 0 Å². The molecule has 11 heteroatoms. The first-order valence-electron chi connectivity index (χ1n) is 11.8. The van der Waals surface area contributed by atoms with E-state index in [4.69, 9.17) is 9.72 Å². The van der Waals surface area contributed by atoms with Crippen LogP contribution in [0.2, 0.25) is 0 Å². The highest BCUT2D eigenvalue weighted by Gasteiger charge is 2.29. The van der Waals surface area contributed by atoms with Crippen molar-refractivity contribution in [2.45, 2.75) is 44.8 Å². The Morgan fingerprint density at radius 3 is 2.77 bits per heavy atom. The van der Waals surface area contributed by atoms with Crippen LogP contribution in [0.1, 0.15) is 41.9 Å². The van der Waals surface area contributed by atoms with Crippen LogP contribution < -0.4 is 16.0 Å². The number of anilines is 2. The van der Waals surface area contributed by atoms with E-state index in [-0.39, 0.29) is 12.0 Å². The Labute approximate surface area is 207 Å². The highest BCUT2D eigenvalue weighted by Crippen LogP contribution is 2.38. The summed E-state index contributed by atoms with van der Waals surface area (Å²) in [7, 11) is 1.68. The van der Waals surface area contributed by atoms with E-state index < -0.39 is 12.7 Å². The van der Waals surface area contributed by atoms with Gasteiger partial charge in [-0.1, -0.05) is 12.2 Å². The van der Waals surface area contributed by atoms with Gasteiger partial charge in [0.1, 0.15) is 17.4 Å². The normalized spacial score (nSPS) is 19.6. The van der Waals surface area contributed by atoms with Crippen molar-refractivity contribution in [3.63, 3.8) is 0 Å². The lowest BCUT2D eigenvalue weighted by molar-refractivity contribution is -0.115. The molecule has 0 aliphatic heterocycles. The molecule has 35 heavy (non-hydrogen) atoms. The predicted octanol–water partition coefficient (Wildman–Crippen LogP) is 5.13. The van der Waals surface area contributed by atoms with Gasteiger partial charge in [-0.25, -0.2) is 9.97 Å². The molecule has 0 aromatic carbocycles. The number of methoxy groups -OCH3 is 1. The number of allylic oxidation sites excluding steroid dienone is 2.